The molecule has 1 aromatic heterocycles. The summed E-state index contributed by atoms with van der Waals surface area (Å²) < 4.78 is 14.2. The predicted molar refractivity (Wildman–Crippen MR) is 101 cm³/mol. The fourth-order valence-electron chi connectivity index (χ4n) is 2.41. The van der Waals surface area contributed by atoms with Crippen molar-refractivity contribution >= 4 is 23.2 Å². The summed E-state index contributed by atoms with van der Waals surface area (Å²) in [6, 6.07) is 10.4. The molecule has 0 bridgehead atoms. The molecule has 0 saturated heterocycles. The number of amides is 1. The van der Waals surface area contributed by atoms with Crippen molar-refractivity contribution in [3.05, 3.63) is 75.5 Å². The second-order valence-electron chi connectivity index (χ2n) is 6.03. The van der Waals surface area contributed by atoms with Gasteiger partial charge in [-0.1, -0.05) is 41.4 Å². The topological polar surface area (TPSA) is 76.9 Å². The van der Waals surface area contributed by atoms with Crippen LogP contribution < -0.4 is 11.0 Å². The van der Waals surface area contributed by atoms with E-state index in [1.54, 1.807) is 0 Å². The number of rotatable bonds is 4. The number of nitrogens with one attached hydrogen (secondary N) is 1. The van der Waals surface area contributed by atoms with Crippen LogP contribution in [0.25, 0.3) is 11.3 Å². The lowest BCUT2D eigenvalue weighted by molar-refractivity contribution is -0.119. The largest absolute Gasteiger partial charge is 0.365 e. The summed E-state index contributed by atoms with van der Waals surface area (Å²) in [7, 11) is 0. The Morgan fingerprint density at radius 2 is 1.93 bits per heavy atom. The number of hydrogen-bond donors (Lipinski definition) is 1. The molecule has 138 valence electrons. The van der Waals surface area contributed by atoms with E-state index in [1.807, 2.05) is 31.2 Å². The first-order valence-electron chi connectivity index (χ1n) is 8.14. The van der Waals surface area contributed by atoms with Crippen molar-refractivity contribution in [2.24, 2.45) is 0 Å². The number of carbonyl (C=O) groups is 1. The highest BCUT2D eigenvalue weighted by atomic mass is 35.5. The highest BCUT2D eigenvalue weighted by Gasteiger charge is 2.19. The zero-order chi connectivity index (χ0) is 19.6. The van der Waals surface area contributed by atoms with E-state index in [4.69, 9.17) is 11.6 Å². The molecule has 6 nitrogen and oxygen atoms in total. The smallest absolute Gasteiger partial charge is 0.324 e. The van der Waals surface area contributed by atoms with Gasteiger partial charge < -0.3 is 5.32 Å². The SMILES string of the molecule is Cc1ccc(-c2cnn(C(C)C(=O)Nc3ccc(F)c(Cl)c3)c(=O)n2)cc1. The molecule has 3 rings (SSSR count). The van der Waals surface area contributed by atoms with Crippen molar-refractivity contribution in [1.82, 2.24) is 14.8 Å². The van der Waals surface area contributed by atoms with Gasteiger partial charge in [-0.2, -0.15) is 10.1 Å². The van der Waals surface area contributed by atoms with E-state index >= 15 is 0 Å². The zero-order valence-electron chi connectivity index (χ0n) is 14.6. The van der Waals surface area contributed by atoms with Gasteiger partial charge in [0, 0.05) is 11.3 Å². The molecular weight excluding hydrogens is 371 g/mol. The lowest BCUT2D eigenvalue weighted by atomic mass is 10.1. The molecule has 1 amide bonds. The third kappa shape index (κ3) is 4.20. The standard InChI is InChI=1S/C19H16ClFN4O2/c1-11-3-5-13(6-4-11)17-10-22-25(19(27)24-17)12(2)18(26)23-14-7-8-16(21)15(20)9-14/h3-10,12H,1-2H3,(H,23,26). The molecule has 0 aliphatic heterocycles. The van der Waals surface area contributed by atoms with Gasteiger partial charge in [-0.15, -0.1) is 0 Å². The minimum absolute atomic E-state index is 0.111. The molecule has 1 unspecified atom stereocenters. The number of nitrogens with zero attached hydrogens (tertiary/aromatic N) is 3. The molecule has 2 aromatic carbocycles. The molecule has 1 heterocycles. The Morgan fingerprint density at radius 1 is 1.22 bits per heavy atom. The van der Waals surface area contributed by atoms with E-state index < -0.39 is 23.5 Å². The molecule has 0 spiro atoms. The molecule has 0 aliphatic rings. The maximum absolute atomic E-state index is 13.2. The summed E-state index contributed by atoms with van der Waals surface area (Å²) in [6.07, 6.45) is 1.44. The number of anilines is 1. The van der Waals surface area contributed by atoms with Crippen LogP contribution in [0.4, 0.5) is 10.1 Å². The lowest BCUT2D eigenvalue weighted by Crippen LogP contribution is -2.34. The number of benzene rings is 2. The van der Waals surface area contributed by atoms with Crippen LogP contribution in [0.1, 0.15) is 18.5 Å². The summed E-state index contributed by atoms with van der Waals surface area (Å²) in [4.78, 5) is 28.7. The summed E-state index contributed by atoms with van der Waals surface area (Å²) in [5, 5.41) is 6.53. The molecule has 0 saturated carbocycles. The predicted octanol–water partition coefficient (Wildman–Crippen LogP) is 3.61. The van der Waals surface area contributed by atoms with Crippen LogP contribution in [0, 0.1) is 12.7 Å². The maximum Gasteiger partial charge on any atom is 0.365 e. The van der Waals surface area contributed by atoms with E-state index in [0.717, 1.165) is 21.9 Å². The second-order valence-corrected chi connectivity index (χ2v) is 6.44. The van der Waals surface area contributed by atoms with Gasteiger partial charge in [0.15, 0.2) is 0 Å². The molecule has 0 fully saturated rings. The lowest BCUT2D eigenvalue weighted by Gasteiger charge is -2.14. The van der Waals surface area contributed by atoms with Gasteiger partial charge >= 0.3 is 5.69 Å². The van der Waals surface area contributed by atoms with Crippen LogP contribution in [-0.4, -0.2) is 20.7 Å². The van der Waals surface area contributed by atoms with Crippen LogP contribution in [-0.2, 0) is 4.79 Å². The average Bonchev–Trinajstić information content (AvgIpc) is 2.64. The van der Waals surface area contributed by atoms with Crippen LogP contribution >= 0.6 is 11.6 Å². The molecule has 0 aliphatic carbocycles. The van der Waals surface area contributed by atoms with E-state index in [9.17, 15) is 14.0 Å². The second kappa shape index (κ2) is 7.67. The normalized spacial score (nSPS) is 11.9. The van der Waals surface area contributed by atoms with Crippen LogP contribution in [0.5, 0.6) is 0 Å². The van der Waals surface area contributed by atoms with Crippen LogP contribution in [0.2, 0.25) is 5.02 Å². The number of carbonyl (C=O) groups excluding carboxylic acids is 1. The molecule has 3 aromatic rings. The van der Waals surface area contributed by atoms with Crippen molar-refractivity contribution in [3.8, 4) is 11.3 Å². The summed E-state index contributed by atoms with van der Waals surface area (Å²) in [5.74, 6) is -1.09. The van der Waals surface area contributed by atoms with Crippen molar-refractivity contribution in [2.75, 3.05) is 5.32 Å². The monoisotopic (exact) mass is 386 g/mol. The minimum Gasteiger partial charge on any atom is -0.324 e. The molecule has 27 heavy (non-hydrogen) atoms. The Hall–Kier alpha value is -3.06. The first kappa shape index (κ1) is 18.7. The van der Waals surface area contributed by atoms with Gasteiger partial charge in [-0.05, 0) is 32.0 Å². The van der Waals surface area contributed by atoms with E-state index in [2.05, 4.69) is 15.4 Å². The summed E-state index contributed by atoms with van der Waals surface area (Å²) >= 11 is 5.70. The minimum atomic E-state index is -0.916. The third-order valence-corrected chi connectivity index (χ3v) is 4.29. The summed E-state index contributed by atoms with van der Waals surface area (Å²) in [5.41, 5.74) is 1.94. The number of hydrogen-bond acceptors (Lipinski definition) is 4. The van der Waals surface area contributed by atoms with Gasteiger partial charge in [0.05, 0.1) is 16.9 Å². The van der Waals surface area contributed by atoms with Crippen LogP contribution in [0.15, 0.2) is 53.5 Å². The Balaban J connectivity index is 1.80. The number of aryl methyl sites for hydroxylation is 1. The van der Waals surface area contributed by atoms with Gasteiger partial charge in [0.1, 0.15) is 11.9 Å². The number of halogens is 2. The van der Waals surface area contributed by atoms with Gasteiger partial charge in [-0.25, -0.2) is 13.9 Å². The Bertz CT molecular complexity index is 1050. The Kier molecular flexibility index (Phi) is 5.32. The zero-order valence-corrected chi connectivity index (χ0v) is 15.4. The summed E-state index contributed by atoms with van der Waals surface area (Å²) in [6.45, 7) is 3.48. The van der Waals surface area contributed by atoms with Gasteiger partial charge in [0.25, 0.3) is 0 Å². The first-order valence-corrected chi connectivity index (χ1v) is 8.52. The number of aromatic nitrogens is 3. The first-order chi connectivity index (χ1) is 12.8. The van der Waals surface area contributed by atoms with Gasteiger partial charge in [-0.3, -0.25) is 4.79 Å². The fraction of sp³-hybridized carbons (Fsp3) is 0.158. The van der Waals surface area contributed by atoms with Crippen molar-refractivity contribution < 1.29 is 9.18 Å². The van der Waals surface area contributed by atoms with E-state index in [-0.39, 0.29) is 5.02 Å². The van der Waals surface area contributed by atoms with Crippen molar-refractivity contribution in [2.45, 2.75) is 19.9 Å². The van der Waals surface area contributed by atoms with Crippen molar-refractivity contribution in [1.29, 1.82) is 0 Å². The Labute approximate surface area is 159 Å². The van der Waals surface area contributed by atoms with Crippen molar-refractivity contribution in [3.63, 3.8) is 0 Å². The highest BCUT2D eigenvalue weighted by molar-refractivity contribution is 6.31. The quantitative estimate of drug-likeness (QED) is 0.743. The maximum atomic E-state index is 13.2. The van der Waals surface area contributed by atoms with E-state index in [1.165, 1.54) is 25.3 Å². The van der Waals surface area contributed by atoms with E-state index in [0.29, 0.717) is 11.4 Å². The highest BCUT2D eigenvalue weighted by Crippen LogP contribution is 2.20. The Morgan fingerprint density at radius 3 is 2.56 bits per heavy atom. The molecule has 0 radical (unpaired) electrons. The third-order valence-electron chi connectivity index (χ3n) is 4.00. The van der Waals surface area contributed by atoms with Gasteiger partial charge in [0.2, 0.25) is 5.91 Å². The molecular formula is C19H16ClFN4O2. The molecule has 8 heteroatoms. The van der Waals surface area contributed by atoms with Crippen LogP contribution in [0.3, 0.4) is 0 Å². The average molecular weight is 387 g/mol. The molecule has 1 N–H and O–H groups in total. The molecule has 1 atom stereocenters. The fourth-order valence-corrected chi connectivity index (χ4v) is 2.59.